The SMILES string of the molecule is O=C(CCCC(=O)c1cccs1)Nc1ccc(Cl)cc1C(F)(F)F. The molecule has 24 heavy (non-hydrogen) atoms. The van der Waals surface area contributed by atoms with Crippen LogP contribution in [0.3, 0.4) is 0 Å². The molecule has 0 atom stereocenters. The maximum Gasteiger partial charge on any atom is 0.418 e. The molecular weight excluding hydrogens is 363 g/mol. The summed E-state index contributed by atoms with van der Waals surface area (Å²) in [4.78, 5) is 24.2. The molecule has 0 saturated carbocycles. The molecule has 0 aliphatic carbocycles. The normalized spacial score (nSPS) is 11.3. The van der Waals surface area contributed by atoms with Crippen molar-refractivity contribution in [1.82, 2.24) is 0 Å². The second kappa shape index (κ2) is 7.81. The number of carbonyl (C=O) groups excluding carboxylic acids is 2. The van der Waals surface area contributed by atoms with Crippen LogP contribution in [0, 0.1) is 0 Å². The molecule has 1 heterocycles. The highest BCUT2D eigenvalue weighted by atomic mass is 35.5. The molecule has 8 heteroatoms. The van der Waals surface area contributed by atoms with Gasteiger partial charge in [0, 0.05) is 17.9 Å². The van der Waals surface area contributed by atoms with Gasteiger partial charge >= 0.3 is 6.18 Å². The zero-order valence-electron chi connectivity index (χ0n) is 12.3. The summed E-state index contributed by atoms with van der Waals surface area (Å²) in [5.41, 5.74) is -1.35. The van der Waals surface area contributed by atoms with Crippen molar-refractivity contribution < 1.29 is 22.8 Å². The highest BCUT2D eigenvalue weighted by Gasteiger charge is 2.34. The van der Waals surface area contributed by atoms with Crippen molar-refractivity contribution in [2.45, 2.75) is 25.4 Å². The molecule has 2 aromatic rings. The van der Waals surface area contributed by atoms with Crippen molar-refractivity contribution in [1.29, 1.82) is 0 Å². The average Bonchev–Trinajstić information content (AvgIpc) is 3.02. The summed E-state index contributed by atoms with van der Waals surface area (Å²) in [5.74, 6) is -0.665. The first kappa shape index (κ1) is 18.5. The van der Waals surface area contributed by atoms with Crippen molar-refractivity contribution >= 4 is 40.3 Å². The van der Waals surface area contributed by atoms with Crippen LogP contribution >= 0.6 is 22.9 Å². The maximum absolute atomic E-state index is 12.9. The third-order valence-electron chi connectivity index (χ3n) is 3.16. The molecule has 1 N–H and O–H groups in total. The molecule has 2 rings (SSSR count). The standard InChI is InChI=1S/C16H13ClF3NO2S/c17-10-6-7-12(11(9-10)16(18,19)20)21-15(23)5-1-3-13(22)14-4-2-8-24-14/h2,4,6-9H,1,3,5H2,(H,21,23). The van der Waals surface area contributed by atoms with E-state index in [4.69, 9.17) is 11.6 Å². The fourth-order valence-corrected chi connectivity index (χ4v) is 2.91. The topological polar surface area (TPSA) is 46.2 Å². The van der Waals surface area contributed by atoms with Crippen molar-refractivity contribution in [3.8, 4) is 0 Å². The summed E-state index contributed by atoms with van der Waals surface area (Å²) in [7, 11) is 0. The maximum atomic E-state index is 12.9. The fraction of sp³-hybridized carbons (Fsp3) is 0.250. The summed E-state index contributed by atoms with van der Waals surface area (Å²) in [5, 5.41) is 3.94. The van der Waals surface area contributed by atoms with Crippen molar-refractivity contribution in [2.75, 3.05) is 5.32 Å². The molecule has 0 aliphatic rings. The van der Waals surface area contributed by atoms with Gasteiger partial charge in [0.2, 0.25) is 5.91 Å². The minimum atomic E-state index is -4.62. The summed E-state index contributed by atoms with van der Waals surface area (Å²) in [6, 6.07) is 6.59. The van der Waals surface area contributed by atoms with Crippen LogP contribution in [0.1, 0.15) is 34.5 Å². The van der Waals surface area contributed by atoms with Gasteiger partial charge < -0.3 is 5.32 Å². The predicted molar refractivity (Wildman–Crippen MR) is 87.6 cm³/mol. The van der Waals surface area contributed by atoms with Crippen LogP contribution in [0.25, 0.3) is 0 Å². The van der Waals surface area contributed by atoms with E-state index in [2.05, 4.69) is 5.32 Å². The van der Waals surface area contributed by atoms with Gasteiger partial charge in [-0.2, -0.15) is 13.2 Å². The van der Waals surface area contributed by atoms with E-state index >= 15 is 0 Å². The first-order valence-electron chi connectivity index (χ1n) is 7.00. The zero-order valence-corrected chi connectivity index (χ0v) is 13.9. The van der Waals surface area contributed by atoms with Crippen LogP contribution in [0.4, 0.5) is 18.9 Å². The number of anilines is 1. The minimum absolute atomic E-state index is 0.0446. The third-order valence-corrected chi connectivity index (χ3v) is 4.31. The molecule has 0 aliphatic heterocycles. The van der Waals surface area contributed by atoms with Crippen LogP contribution in [-0.2, 0) is 11.0 Å². The van der Waals surface area contributed by atoms with Crippen molar-refractivity contribution in [3.63, 3.8) is 0 Å². The number of halogens is 4. The fourth-order valence-electron chi connectivity index (χ4n) is 2.04. The van der Waals surface area contributed by atoms with E-state index < -0.39 is 17.6 Å². The van der Waals surface area contributed by atoms with Crippen LogP contribution < -0.4 is 5.32 Å². The molecule has 0 bridgehead atoms. The highest BCUT2D eigenvalue weighted by Crippen LogP contribution is 2.36. The van der Waals surface area contributed by atoms with Crippen LogP contribution in [-0.4, -0.2) is 11.7 Å². The molecule has 0 unspecified atom stereocenters. The molecule has 0 spiro atoms. The van der Waals surface area contributed by atoms with Crippen molar-refractivity contribution in [2.24, 2.45) is 0 Å². The molecule has 1 amide bonds. The molecule has 0 saturated heterocycles. The van der Waals surface area contributed by atoms with E-state index in [9.17, 15) is 22.8 Å². The largest absolute Gasteiger partial charge is 0.418 e. The van der Waals surface area contributed by atoms with E-state index in [1.54, 1.807) is 17.5 Å². The number of amides is 1. The van der Waals surface area contributed by atoms with Crippen LogP contribution in [0.15, 0.2) is 35.7 Å². The monoisotopic (exact) mass is 375 g/mol. The number of ketones is 1. The Labute approximate surface area is 145 Å². The lowest BCUT2D eigenvalue weighted by molar-refractivity contribution is -0.137. The number of alkyl halides is 3. The number of carbonyl (C=O) groups is 2. The average molecular weight is 376 g/mol. The molecule has 0 fully saturated rings. The summed E-state index contributed by atoms with van der Waals surface area (Å²) in [6.45, 7) is 0. The number of hydrogen-bond acceptors (Lipinski definition) is 3. The first-order chi connectivity index (χ1) is 11.3. The molecule has 3 nitrogen and oxygen atoms in total. The number of hydrogen-bond donors (Lipinski definition) is 1. The van der Waals surface area contributed by atoms with E-state index in [0.717, 1.165) is 12.1 Å². The second-order valence-corrected chi connectivity index (χ2v) is 6.37. The Hall–Kier alpha value is -1.86. The Morgan fingerprint density at radius 2 is 1.92 bits per heavy atom. The van der Waals surface area contributed by atoms with Crippen LogP contribution in [0.2, 0.25) is 5.02 Å². The Kier molecular flexibility index (Phi) is 6.01. The first-order valence-corrected chi connectivity index (χ1v) is 8.26. The molecule has 1 aromatic carbocycles. The van der Waals surface area contributed by atoms with Gasteiger partial charge in [-0.1, -0.05) is 17.7 Å². The van der Waals surface area contributed by atoms with Gasteiger partial charge in [-0.05, 0) is 36.1 Å². The smallest absolute Gasteiger partial charge is 0.326 e. The summed E-state index contributed by atoms with van der Waals surface area (Å²) < 4.78 is 38.8. The van der Waals surface area contributed by atoms with Gasteiger partial charge in [0.15, 0.2) is 5.78 Å². The van der Waals surface area contributed by atoms with E-state index in [1.165, 1.54) is 17.4 Å². The summed E-state index contributed by atoms with van der Waals surface area (Å²) >= 11 is 6.89. The Bertz CT molecular complexity index is 729. The molecule has 0 radical (unpaired) electrons. The lowest BCUT2D eigenvalue weighted by Gasteiger charge is -2.14. The van der Waals surface area contributed by atoms with Crippen LogP contribution in [0.5, 0.6) is 0 Å². The van der Waals surface area contributed by atoms with Gasteiger partial charge in [0.1, 0.15) is 0 Å². The number of benzene rings is 1. The van der Waals surface area contributed by atoms with E-state index in [0.29, 0.717) is 4.88 Å². The van der Waals surface area contributed by atoms with Gasteiger partial charge in [0.05, 0.1) is 16.1 Å². The number of Topliss-reactive ketones (excluding diaryl/α,β-unsaturated/α-hetero) is 1. The van der Waals surface area contributed by atoms with E-state index in [-0.39, 0.29) is 35.8 Å². The number of thiophene rings is 1. The molecular formula is C16H13ClF3NO2S. The molecule has 128 valence electrons. The van der Waals surface area contributed by atoms with Gasteiger partial charge in [-0.15, -0.1) is 11.3 Å². The minimum Gasteiger partial charge on any atom is -0.326 e. The zero-order chi connectivity index (χ0) is 17.7. The third kappa shape index (κ3) is 5.07. The Morgan fingerprint density at radius 1 is 1.17 bits per heavy atom. The number of rotatable bonds is 6. The quantitative estimate of drug-likeness (QED) is 0.686. The van der Waals surface area contributed by atoms with Crippen molar-refractivity contribution in [3.05, 3.63) is 51.2 Å². The van der Waals surface area contributed by atoms with Gasteiger partial charge in [0.25, 0.3) is 0 Å². The predicted octanol–water partition coefficient (Wildman–Crippen LogP) is 5.41. The number of nitrogens with one attached hydrogen (secondary N) is 1. The second-order valence-electron chi connectivity index (χ2n) is 4.99. The lowest BCUT2D eigenvalue weighted by atomic mass is 10.1. The highest BCUT2D eigenvalue weighted by molar-refractivity contribution is 7.12. The van der Waals surface area contributed by atoms with Gasteiger partial charge in [-0.3, -0.25) is 9.59 Å². The summed E-state index contributed by atoms with van der Waals surface area (Å²) in [6.07, 6.45) is -4.24. The van der Waals surface area contributed by atoms with Gasteiger partial charge in [-0.25, -0.2) is 0 Å². The Balaban J connectivity index is 1.92. The lowest BCUT2D eigenvalue weighted by Crippen LogP contribution is -2.16. The Morgan fingerprint density at radius 3 is 2.54 bits per heavy atom. The van der Waals surface area contributed by atoms with E-state index in [1.807, 2.05) is 0 Å². The molecule has 1 aromatic heterocycles.